The van der Waals surface area contributed by atoms with E-state index in [2.05, 4.69) is 28.0 Å². The smallest absolute Gasteiger partial charge is 0.273 e. The van der Waals surface area contributed by atoms with Crippen LogP contribution >= 0.6 is 27.5 Å². The molecule has 0 radical (unpaired) electrons. The maximum Gasteiger partial charge on any atom is 0.273 e. The zero-order valence-corrected chi connectivity index (χ0v) is 15.4. The average molecular weight is 395 g/mol. The third kappa shape index (κ3) is 1.96. The Kier molecular flexibility index (Phi) is 3.36. The molecule has 2 aliphatic rings. The van der Waals surface area contributed by atoms with Gasteiger partial charge in [-0.05, 0) is 51.0 Å². The predicted octanol–water partition coefficient (Wildman–Crippen LogP) is 4.06. The highest BCUT2D eigenvalue weighted by Crippen LogP contribution is 2.50. The van der Waals surface area contributed by atoms with Crippen molar-refractivity contribution >= 4 is 33.4 Å². The van der Waals surface area contributed by atoms with Crippen molar-refractivity contribution in [1.29, 1.82) is 0 Å². The third-order valence-corrected chi connectivity index (χ3v) is 6.13. The SMILES string of the molecule is Cc1nn(-c2ccc(Cl)cc2)c2c1[C@@]1(C)CC[C@H](CBr)N1C2=O. The third-order valence-electron chi connectivity index (χ3n) is 5.13. The van der Waals surface area contributed by atoms with Crippen LogP contribution in [0.15, 0.2) is 24.3 Å². The van der Waals surface area contributed by atoms with Gasteiger partial charge in [0.05, 0.1) is 16.9 Å². The lowest BCUT2D eigenvalue weighted by atomic mass is 9.91. The van der Waals surface area contributed by atoms with Gasteiger partial charge in [-0.2, -0.15) is 5.10 Å². The molecule has 2 aromatic rings. The van der Waals surface area contributed by atoms with Crippen molar-refractivity contribution in [3.63, 3.8) is 0 Å². The van der Waals surface area contributed by atoms with E-state index in [4.69, 9.17) is 11.6 Å². The first-order chi connectivity index (χ1) is 11.0. The number of amides is 1. The number of fused-ring (bicyclic) bond motifs is 3. The Bertz CT molecular complexity index is 801. The van der Waals surface area contributed by atoms with E-state index in [1.807, 2.05) is 36.1 Å². The van der Waals surface area contributed by atoms with E-state index in [9.17, 15) is 4.79 Å². The van der Waals surface area contributed by atoms with Crippen LogP contribution in [0.5, 0.6) is 0 Å². The highest BCUT2D eigenvalue weighted by atomic mass is 79.9. The zero-order chi connectivity index (χ0) is 16.4. The number of rotatable bonds is 2. The van der Waals surface area contributed by atoms with E-state index >= 15 is 0 Å². The molecule has 0 saturated carbocycles. The molecule has 1 saturated heterocycles. The van der Waals surface area contributed by atoms with Crippen molar-refractivity contribution in [2.45, 2.75) is 38.3 Å². The van der Waals surface area contributed by atoms with Crippen molar-refractivity contribution in [3.05, 3.63) is 46.2 Å². The summed E-state index contributed by atoms with van der Waals surface area (Å²) in [5, 5.41) is 6.14. The maximum absolute atomic E-state index is 13.1. The van der Waals surface area contributed by atoms with Crippen molar-refractivity contribution in [2.24, 2.45) is 0 Å². The number of carbonyl (C=O) groups is 1. The van der Waals surface area contributed by atoms with Gasteiger partial charge in [-0.15, -0.1) is 0 Å². The van der Waals surface area contributed by atoms with Gasteiger partial charge in [-0.1, -0.05) is 27.5 Å². The molecule has 0 N–H and O–H groups in total. The van der Waals surface area contributed by atoms with Gasteiger partial charge in [0, 0.05) is 22.0 Å². The molecule has 120 valence electrons. The highest BCUT2D eigenvalue weighted by molar-refractivity contribution is 9.09. The van der Waals surface area contributed by atoms with Crippen molar-refractivity contribution in [3.8, 4) is 5.69 Å². The van der Waals surface area contributed by atoms with E-state index in [0.29, 0.717) is 10.7 Å². The van der Waals surface area contributed by atoms with Gasteiger partial charge < -0.3 is 4.90 Å². The molecular weight excluding hydrogens is 378 g/mol. The second kappa shape index (κ2) is 5.08. The van der Waals surface area contributed by atoms with Gasteiger partial charge in [-0.3, -0.25) is 4.79 Å². The molecule has 1 amide bonds. The first-order valence-corrected chi connectivity index (χ1v) is 9.23. The normalized spacial score (nSPS) is 25.8. The summed E-state index contributed by atoms with van der Waals surface area (Å²) in [5.74, 6) is 0.0833. The largest absolute Gasteiger partial charge is 0.324 e. The summed E-state index contributed by atoms with van der Waals surface area (Å²) in [6, 6.07) is 7.69. The van der Waals surface area contributed by atoms with Crippen LogP contribution in [0.25, 0.3) is 5.69 Å². The minimum atomic E-state index is -0.236. The molecule has 1 fully saturated rings. The van der Waals surface area contributed by atoms with Crippen LogP contribution in [0.3, 0.4) is 0 Å². The molecule has 4 nitrogen and oxygen atoms in total. The fraction of sp³-hybridized carbons (Fsp3) is 0.412. The van der Waals surface area contributed by atoms with E-state index in [1.54, 1.807) is 4.68 Å². The Morgan fingerprint density at radius 1 is 1.39 bits per heavy atom. The van der Waals surface area contributed by atoms with Gasteiger partial charge in [0.25, 0.3) is 5.91 Å². The standard InChI is InChI=1S/C17H17BrClN3O/c1-10-14-15(22(20-10)12-5-3-11(19)4-6-12)16(23)21-13(9-18)7-8-17(14,21)2/h3-6,13H,7-9H2,1-2H3/t13-,17-/m1/s1. The van der Waals surface area contributed by atoms with Gasteiger partial charge in [0.15, 0.2) is 0 Å². The Labute approximate surface area is 148 Å². The Hall–Kier alpha value is -1.33. The molecule has 0 spiro atoms. The molecule has 2 aliphatic heterocycles. The lowest BCUT2D eigenvalue weighted by Crippen LogP contribution is -2.42. The summed E-state index contributed by atoms with van der Waals surface area (Å²) in [5.41, 5.74) is 3.36. The van der Waals surface area contributed by atoms with Gasteiger partial charge in [0.2, 0.25) is 0 Å². The average Bonchev–Trinajstić information content (AvgIpc) is 3.11. The number of hydrogen-bond acceptors (Lipinski definition) is 2. The summed E-state index contributed by atoms with van der Waals surface area (Å²) < 4.78 is 1.78. The van der Waals surface area contributed by atoms with Crippen molar-refractivity contribution in [1.82, 2.24) is 14.7 Å². The zero-order valence-electron chi connectivity index (χ0n) is 13.0. The van der Waals surface area contributed by atoms with Crippen LogP contribution in [-0.2, 0) is 5.54 Å². The molecule has 0 unspecified atom stereocenters. The summed E-state index contributed by atoms with van der Waals surface area (Å²) in [6.45, 7) is 4.16. The Morgan fingerprint density at radius 3 is 2.74 bits per heavy atom. The molecule has 0 bridgehead atoms. The molecule has 2 atom stereocenters. The second-order valence-electron chi connectivity index (χ2n) is 6.49. The van der Waals surface area contributed by atoms with Crippen LogP contribution < -0.4 is 0 Å². The van der Waals surface area contributed by atoms with Crippen LogP contribution in [0.4, 0.5) is 0 Å². The summed E-state index contributed by atoms with van der Waals surface area (Å²) >= 11 is 9.53. The minimum Gasteiger partial charge on any atom is -0.324 e. The fourth-order valence-corrected chi connectivity index (χ4v) is 4.87. The highest BCUT2D eigenvalue weighted by Gasteiger charge is 2.56. The summed E-state index contributed by atoms with van der Waals surface area (Å²) in [4.78, 5) is 15.2. The quantitative estimate of drug-likeness (QED) is 0.720. The van der Waals surface area contributed by atoms with E-state index in [1.165, 1.54) is 0 Å². The number of alkyl halides is 1. The van der Waals surface area contributed by atoms with E-state index < -0.39 is 0 Å². The molecule has 1 aromatic heterocycles. The number of nitrogens with zero attached hydrogens (tertiary/aromatic N) is 3. The summed E-state index contributed by atoms with van der Waals surface area (Å²) in [6.07, 6.45) is 2.01. The predicted molar refractivity (Wildman–Crippen MR) is 93.6 cm³/mol. The molecule has 3 heterocycles. The number of benzene rings is 1. The van der Waals surface area contributed by atoms with Crippen LogP contribution in [0, 0.1) is 6.92 Å². The van der Waals surface area contributed by atoms with Crippen molar-refractivity contribution in [2.75, 3.05) is 5.33 Å². The second-order valence-corrected chi connectivity index (χ2v) is 7.58. The lowest BCUT2D eigenvalue weighted by Gasteiger charge is -2.32. The lowest BCUT2D eigenvalue weighted by molar-refractivity contribution is 0.0610. The summed E-state index contributed by atoms with van der Waals surface area (Å²) in [7, 11) is 0. The number of halogens is 2. The first-order valence-electron chi connectivity index (χ1n) is 7.73. The number of hydrogen-bond donors (Lipinski definition) is 0. The van der Waals surface area contributed by atoms with Crippen LogP contribution in [0.2, 0.25) is 5.02 Å². The van der Waals surface area contributed by atoms with Crippen molar-refractivity contribution < 1.29 is 4.79 Å². The molecule has 4 rings (SSSR count). The van der Waals surface area contributed by atoms with E-state index in [-0.39, 0.29) is 17.5 Å². The Balaban J connectivity index is 1.91. The molecule has 23 heavy (non-hydrogen) atoms. The van der Waals surface area contributed by atoms with Crippen LogP contribution in [0.1, 0.15) is 41.5 Å². The van der Waals surface area contributed by atoms with Gasteiger partial charge >= 0.3 is 0 Å². The van der Waals surface area contributed by atoms with Crippen LogP contribution in [-0.4, -0.2) is 32.0 Å². The number of carbonyl (C=O) groups excluding carboxylic acids is 1. The molecular formula is C17H17BrClN3O. The van der Waals surface area contributed by atoms with E-state index in [0.717, 1.165) is 35.1 Å². The Morgan fingerprint density at radius 2 is 2.09 bits per heavy atom. The first kappa shape index (κ1) is 15.2. The number of aromatic nitrogens is 2. The fourth-order valence-electron chi connectivity index (χ4n) is 4.13. The minimum absolute atomic E-state index is 0.0833. The number of aryl methyl sites for hydroxylation is 1. The monoisotopic (exact) mass is 393 g/mol. The topological polar surface area (TPSA) is 38.1 Å². The van der Waals surface area contributed by atoms with Gasteiger partial charge in [-0.25, -0.2) is 4.68 Å². The maximum atomic E-state index is 13.1. The molecule has 1 aromatic carbocycles. The molecule has 0 aliphatic carbocycles. The molecule has 6 heteroatoms. The van der Waals surface area contributed by atoms with Gasteiger partial charge in [0.1, 0.15) is 5.69 Å².